The van der Waals surface area contributed by atoms with Gasteiger partial charge >= 0.3 is 0 Å². The van der Waals surface area contributed by atoms with Gasteiger partial charge < -0.3 is 10.1 Å². The van der Waals surface area contributed by atoms with E-state index in [2.05, 4.69) is 56.3 Å². The number of ether oxygens (including phenoxy) is 1. The minimum absolute atomic E-state index is 0.0612. The van der Waals surface area contributed by atoms with Gasteiger partial charge in [-0.25, -0.2) is 0 Å². The maximum absolute atomic E-state index is 5.54. The largest absolute Gasteiger partial charge is 0.493 e. The number of nitrogens with zero attached hydrogens (tertiary/aromatic N) is 2. The fourth-order valence-corrected chi connectivity index (χ4v) is 2.90. The van der Waals surface area contributed by atoms with Crippen molar-refractivity contribution >= 4 is 0 Å². The minimum atomic E-state index is 0.0612. The summed E-state index contributed by atoms with van der Waals surface area (Å²) < 4.78 is 7.57. The van der Waals surface area contributed by atoms with E-state index in [0.29, 0.717) is 0 Å². The molecule has 1 N–H and O–H groups in total. The fraction of sp³-hybridized carbons (Fsp3) is 0.471. The van der Waals surface area contributed by atoms with E-state index in [4.69, 9.17) is 4.74 Å². The van der Waals surface area contributed by atoms with Crippen molar-refractivity contribution in [2.45, 2.75) is 39.8 Å². The molecule has 0 aliphatic heterocycles. The van der Waals surface area contributed by atoms with Crippen molar-refractivity contribution in [2.24, 2.45) is 0 Å². The molecule has 4 heteroatoms. The number of methoxy groups -OCH3 is 1. The van der Waals surface area contributed by atoms with E-state index < -0.39 is 0 Å². The lowest BCUT2D eigenvalue weighted by atomic mass is 9.93. The first-order chi connectivity index (χ1) is 10.0. The molecule has 0 amide bonds. The Hall–Kier alpha value is -1.81. The number of hydrogen-bond acceptors (Lipinski definition) is 3. The van der Waals surface area contributed by atoms with Crippen molar-refractivity contribution < 1.29 is 4.74 Å². The molecule has 1 atom stereocenters. The molecule has 0 radical (unpaired) electrons. The third-order valence-corrected chi connectivity index (χ3v) is 3.90. The molecule has 0 aliphatic carbocycles. The molecule has 1 heterocycles. The highest BCUT2D eigenvalue weighted by atomic mass is 16.5. The Bertz CT molecular complexity index is 596. The van der Waals surface area contributed by atoms with Crippen molar-refractivity contribution in [2.75, 3.05) is 14.2 Å². The molecule has 21 heavy (non-hydrogen) atoms. The third-order valence-electron chi connectivity index (χ3n) is 3.90. The van der Waals surface area contributed by atoms with Gasteiger partial charge in [0.15, 0.2) is 5.75 Å². The molecular weight excluding hydrogens is 262 g/mol. The van der Waals surface area contributed by atoms with E-state index in [9.17, 15) is 0 Å². The van der Waals surface area contributed by atoms with Crippen LogP contribution in [0.1, 0.15) is 48.3 Å². The second-order valence-corrected chi connectivity index (χ2v) is 5.66. The quantitative estimate of drug-likeness (QED) is 0.916. The smallest absolute Gasteiger partial charge is 0.161 e. The monoisotopic (exact) mass is 287 g/mol. The molecule has 2 rings (SSSR count). The Kier molecular flexibility index (Phi) is 4.68. The molecule has 1 aromatic heterocycles. The summed E-state index contributed by atoms with van der Waals surface area (Å²) in [5.41, 5.74) is 4.91. The van der Waals surface area contributed by atoms with Crippen molar-refractivity contribution in [1.82, 2.24) is 15.1 Å². The van der Waals surface area contributed by atoms with Gasteiger partial charge in [0.25, 0.3) is 0 Å². The number of nitrogens with one attached hydrogen (secondary N) is 1. The van der Waals surface area contributed by atoms with Gasteiger partial charge in [0.2, 0.25) is 0 Å². The zero-order chi connectivity index (χ0) is 15.6. The predicted octanol–water partition coefficient (Wildman–Crippen LogP) is 3.40. The highest BCUT2D eigenvalue weighted by Crippen LogP contribution is 2.34. The standard InChI is InChI=1S/C17H25N3O/c1-11(2)20-17(14(21-6)10-19-20)16(18-5)15-12(3)8-7-9-13(15)4/h7-11,16,18H,1-6H3. The molecule has 0 saturated heterocycles. The molecule has 2 aromatic rings. The number of aryl methyl sites for hydroxylation is 2. The molecule has 114 valence electrons. The third kappa shape index (κ3) is 2.81. The van der Waals surface area contributed by atoms with Gasteiger partial charge in [-0.3, -0.25) is 4.68 Å². The minimum Gasteiger partial charge on any atom is -0.493 e. The SMILES string of the molecule is CNC(c1c(C)cccc1C)c1c(OC)cnn1C(C)C. The molecule has 1 aromatic carbocycles. The van der Waals surface area contributed by atoms with E-state index in [1.165, 1.54) is 16.7 Å². The number of aromatic nitrogens is 2. The lowest BCUT2D eigenvalue weighted by Gasteiger charge is -2.24. The fourth-order valence-electron chi connectivity index (χ4n) is 2.90. The Morgan fingerprint density at radius 1 is 1.19 bits per heavy atom. The van der Waals surface area contributed by atoms with Crippen LogP contribution in [0.2, 0.25) is 0 Å². The van der Waals surface area contributed by atoms with Gasteiger partial charge in [-0.05, 0) is 51.4 Å². The van der Waals surface area contributed by atoms with Gasteiger partial charge in [0.1, 0.15) is 5.69 Å². The molecule has 0 spiro atoms. The predicted molar refractivity (Wildman–Crippen MR) is 86.0 cm³/mol. The van der Waals surface area contributed by atoms with E-state index >= 15 is 0 Å². The summed E-state index contributed by atoms with van der Waals surface area (Å²) in [5, 5.41) is 7.92. The summed E-state index contributed by atoms with van der Waals surface area (Å²) >= 11 is 0. The highest BCUT2D eigenvalue weighted by Gasteiger charge is 2.25. The molecular formula is C17H25N3O. The van der Waals surface area contributed by atoms with Crippen LogP contribution in [0.4, 0.5) is 0 Å². The maximum Gasteiger partial charge on any atom is 0.161 e. The molecule has 0 fully saturated rings. The van der Waals surface area contributed by atoms with Crippen molar-refractivity contribution in [1.29, 1.82) is 0 Å². The van der Waals surface area contributed by atoms with E-state index in [0.717, 1.165) is 11.4 Å². The van der Waals surface area contributed by atoms with Crippen LogP contribution in [-0.2, 0) is 0 Å². The molecule has 4 nitrogen and oxygen atoms in total. The summed E-state index contributed by atoms with van der Waals surface area (Å²) in [6.07, 6.45) is 1.80. The molecule has 0 aliphatic rings. The average molecular weight is 287 g/mol. The molecule has 0 saturated carbocycles. The van der Waals surface area contributed by atoms with Crippen molar-refractivity contribution in [3.05, 3.63) is 46.8 Å². The summed E-state index contributed by atoms with van der Waals surface area (Å²) in [4.78, 5) is 0. The second kappa shape index (κ2) is 6.31. The van der Waals surface area contributed by atoms with E-state index in [-0.39, 0.29) is 12.1 Å². The van der Waals surface area contributed by atoms with Crippen molar-refractivity contribution in [3.63, 3.8) is 0 Å². The van der Waals surface area contributed by atoms with Crippen LogP contribution in [0.25, 0.3) is 0 Å². The van der Waals surface area contributed by atoms with Gasteiger partial charge in [0.05, 0.1) is 19.3 Å². The Labute approximate surface area is 127 Å². The van der Waals surface area contributed by atoms with Crippen LogP contribution < -0.4 is 10.1 Å². The summed E-state index contributed by atoms with van der Waals surface area (Å²) in [5.74, 6) is 0.825. The van der Waals surface area contributed by atoms with Gasteiger partial charge in [-0.2, -0.15) is 5.10 Å². The summed E-state index contributed by atoms with van der Waals surface area (Å²) in [6, 6.07) is 6.73. The zero-order valence-corrected chi connectivity index (χ0v) is 13.8. The molecule has 0 bridgehead atoms. The zero-order valence-electron chi connectivity index (χ0n) is 13.8. The number of benzene rings is 1. The first kappa shape index (κ1) is 15.6. The topological polar surface area (TPSA) is 39.1 Å². The molecule has 1 unspecified atom stereocenters. The lowest BCUT2D eigenvalue weighted by Crippen LogP contribution is -2.24. The average Bonchev–Trinajstić information content (AvgIpc) is 2.86. The Morgan fingerprint density at radius 2 is 1.81 bits per heavy atom. The van der Waals surface area contributed by atoms with Crippen LogP contribution in [0.5, 0.6) is 5.75 Å². The number of rotatable bonds is 5. The first-order valence-corrected chi connectivity index (χ1v) is 7.36. The lowest BCUT2D eigenvalue weighted by molar-refractivity contribution is 0.396. The van der Waals surface area contributed by atoms with Crippen LogP contribution in [0.15, 0.2) is 24.4 Å². The second-order valence-electron chi connectivity index (χ2n) is 5.66. The van der Waals surface area contributed by atoms with E-state index in [1.807, 2.05) is 11.7 Å². The van der Waals surface area contributed by atoms with Gasteiger partial charge in [0, 0.05) is 6.04 Å². The van der Waals surface area contributed by atoms with Crippen LogP contribution in [0, 0.1) is 13.8 Å². The van der Waals surface area contributed by atoms with Gasteiger partial charge in [-0.15, -0.1) is 0 Å². The van der Waals surface area contributed by atoms with Crippen LogP contribution in [-0.4, -0.2) is 23.9 Å². The maximum atomic E-state index is 5.54. The summed E-state index contributed by atoms with van der Waals surface area (Å²) in [7, 11) is 3.68. The van der Waals surface area contributed by atoms with Crippen molar-refractivity contribution in [3.8, 4) is 5.75 Å². The summed E-state index contributed by atoms with van der Waals surface area (Å²) in [6.45, 7) is 8.56. The normalized spacial score (nSPS) is 12.7. The highest BCUT2D eigenvalue weighted by molar-refractivity contribution is 5.44. The Morgan fingerprint density at radius 3 is 2.29 bits per heavy atom. The van der Waals surface area contributed by atoms with Crippen LogP contribution in [0.3, 0.4) is 0 Å². The van der Waals surface area contributed by atoms with Gasteiger partial charge in [-0.1, -0.05) is 18.2 Å². The number of hydrogen-bond donors (Lipinski definition) is 1. The first-order valence-electron chi connectivity index (χ1n) is 7.36. The van der Waals surface area contributed by atoms with E-state index in [1.54, 1.807) is 13.3 Å². The van der Waals surface area contributed by atoms with Crippen LogP contribution >= 0.6 is 0 Å². The Balaban J connectivity index is 2.64.